The number of nitrogens with zero attached hydrogens (tertiary/aromatic N) is 4. The zero-order valence-electron chi connectivity index (χ0n) is 21.2. The van der Waals surface area contributed by atoms with E-state index in [0.29, 0.717) is 35.1 Å². The van der Waals surface area contributed by atoms with E-state index in [4.69, 9.17) is 10.7 Å². The minimum absolute atomic E-state index is 0.0780. The van der Waals surface area contributed by atoms with Gasteiger partial charge in [-0.3, -0.25) is 24.7 Å². The van der Waals surface area contributed by atoms with Gasteiger partial charge in [0.2, 0.25) is 11.9 Å². The van der Waals surface area contributed by atoms with Crippen LogP contribution in [-0.4, -0.2) is 39.3 Å². The summed E-state index contributed by atoms with van der Waals surface area (Å²) in [5.74, 6) is -0.0654. The summed E-state index contributed by atoms with van der Waals surface area (Å²) in [6.07, 6.45) is 6.36. The van der Waals surface area contributed by atoms with Gasteiger partial charge in [-0.05, 0) is 74.1 Å². The third kappa shape index (κ3) is 5.27. The second kappa shape index (κ2) is 10.8. The fraction of sp³-hybridized carbons (Fsp3) is 0.276. The Bertz CT molecular complexity index is 1460. The molecule has 0 saturated heterocycles. The number of carbonyl (C=O) groups is 3. The number of anilines is 2. The van der Waals surface area contributed by atoms with Crippen LogP contribution in [0.3, 0.4) is 0 Å². The van der Waals surface area contributed by atoms with Gasteiger partial charge in [0.15, 0.2) is 0 Å². The van der Waals surface area contributed by atoms with E-state index in [9.17, 15) is 14.4 Å². The number of benzene rings is 2. The van der Waals surface area contributed by atoms with Crippen LogP contribution in [0.2, 0.25) is 0 Å². The second-order valence-electron chi connectivity index (χ2n) is 9.77. The number of amides is 3. The van der Waals surface area contributed by atoms with Crippen LogP contribution < -0.4 is 16.0 Å². The highest BCUT2D eigenvalue weighted by atomic mass is 16.2. The molecule has 3 N–H and O–H groups in total. The number of fused-ring (bicyclic) bond motifs is 1. The summed E-state index contributed by atoms with van der Waals surface area (Å²) >= 11 is 0. The quantitative estimate of drug-likeness (QED) is 0.385. The van der Waals surface area contributed by atoms with E-state index in [-0.39, 0.29) is 23.6 Å². The van der Waals surface area contributed by atoms with Crippen LogP contribution in [0.5, 0.6) is 0 Å². The van der Waals surface area contributed by atoms with Crippen molar-refractivity contribution in [3.63, 3.8) is 0 Å². The van der Waals surface area contributed by atoms with Gasteiger partial charge in [-0.25, -0.2) is 4.98 Å². The van der Waals surface area contributed by atoms with Gasteiger partial charge in [-0.2, -0.15) is 0 Å². The molecule has 1 aliphatic rings. The largest absolute Gasteiger partial charge is 0.369 e. The van der Waals surface area contributed by atoms with Crippen molar-refractivity contribution < 1.29 is 14.4 Å². The molecule has 1 saturated carbocycles. The number of primary amides is 1. The van der Waals surface area contributed by atoms with Crippen molar-refractivity contribution in [3.05, 3.63) is 84.2 Å². The molecular formula is C29H30N6O3. The highest BCUT2D eigenvalue weighted by Gasteiger charge is 2.27. The molecule has 0 radical (unpaired) electrons. The van der Waals surface area contributed by atoms with Crippen LogP contribution in [0, 0.1) is 11.8 Å². The number of nitrogens with one attached hydrogen (secondary N) is 1. The molecule has 0 bridgehead atoms. The zero-order valence-corrected chi connectivity index (χ0v) is 21.2. The third-order valence-electron chi connectivity index (χ3n) is 7.28. The zero-order chi connectivity index (χ0) is 26.6. The molecule has 38 heavy (non-hydrogen) atoms. The molecular weight excluding hydrogens is 480 g/mol. The predicted molar refractivity (Wildman–Crippen MR) is 146 cm³/mol. The van der Waals surface area contributed by atoms with Gasteiger partial charge in [0.1, 0.15) is 0 Å². The van der Waals surface area contributed by atoms with Crippen LogP contribution in [0.4, 0.5) is 11.6 Å². The van der Waals surface area contributed by atoms with E-state index in [0.717, 1.165) is 36.9 Å². The Morgan fingerprint density at radius 3 is 2.45 bits per heavy atom. The number of rotatable bonds is 7. The van der Waals surface area contributed by atoms with Gasteiger partial charge in [0.05, 0.1) is 16.6 Å². The van der Waals surface area contributed by atoms with Crippen LogP contribution in [-0.2, 0) is 11.3 Å². The normalized spacial score (nSPS) is 17.2. The molecule has 3 amide bonds. The highest BCUT2D eigenvalue weighted by Crippen LogP contribution is 2.32. The molecule has 0 unspecified atom stereocenters. The monoisotopic (exact) mass is 510 g/mol. The van der Waals surface area contributed by atoms with Crippen molar-refractivity contribution in [1.29, 1.82) is 0 Å². The van der Waals surface area contributed by atoms with Gasteiger partial charge in [0.25, 0.3) is 11.8 Å². The van der Waals surface area contributed by atoms with E-state index >= 15 is 0 Å². The first kappa shape index (κ1) is 25.1. The van der Waals surface area contributed by atoms with Crippen LogP contribution in [0.25, 0.3) is 11.0 Å². The van der Waals surface area contributed by atoms with E-state index in [1.54, 1.807) is 42.4 Å². The lowest BCUT2D eigenvalue weighted by atomic mass is 9.81. The number of imidazole rings is 1. The highest BCUT2D eigenvalue weighted by molar-refractivity contribution is 6.08. The summed E-state index contributed by atoms with van der Waals surface area (Å²) in [7, 11) is 1.74. The first-order valence-corrected chi connectivity index (χ1v) is 12.7. The molecule has 2 aromatic heterocycles. The maximum Gasteiger partial charge on any atom is 0.259 e. The maximum atomic E-state index is 13.2. The summed E-state index contributed by atoms with van der Waals surface area (Å²) in [6.45, 7) is 0.627. The summed E-state index contributed by atoms with van der Waals surface area (Å²) in [5.41, 5.74) is 8.67. The molecule has 2 aromatic carbocycles. The number of hydrogen-bond acceptors (Lipinski definition) is 5. The molecule has 0 atom stereocenters. The van der Waals surface area contributed by atoms with E-state index in [1.165, 1.54) is 6.20 Å². The summed E-state index contributed by atoms with van der Waals surface area (Å²) in [5, 5.41) is 2.93. The SMILES string of the molecule is CN(C(=O)c1ccc2c(c1)nc(NC(=O)c1cccnc1)n2CC1CCC(C(N)=O)CC1)c1ccccc1. The Labute approximate surface area is 220 Å². The second-order valence-corrected chi connectivity index (χ2v) is 9.77. The minimum atomic E-state index is -0.313. The molecule has 9 heteroatoms. The van der Waals surface area contributed by atoms with E-state index < -0.39 is 0 Å². The van der Waals surface area contributed by atoms with Gasteiger partial charge < -0.3 is 15.2 Å². The van der Waals surface area contributed by atoms with Crippen molar-refractivity contribution in [2.45, 2.75) is 32.2 Å². The summed E-state index contributed by atoms with van der Waals surface area (Å²) in [4.78, 5) is 48.2. The van der Waals surface area contributed by atoms with Crippen LogP contribution >= 0.6 is 0 Å². The molecule has 2 heterocycles. The number of carbonyl (C=O) groups excluding carboxylic acids is 3. The lowest BCUT2D eigenvalue weighted by molar-refractivity contribution is -0.123. The van der Waals surface area contributed by atoms with Crippen LogP contribution in [0.15, 0.2) is 73.1 Å². The molecule has 0 aliphatic heterocycles. The van der Waals surface area contributed by atoms with Crippen molar-refractivity contribution >= 4 is 40.4 Å². The number of nitrogens with two attached hydrogens (primary N) is 1. The van der Waals surface area contributed by atoms with Gasteiger partial charge >= 0.3 is 0 Å². The van der Waals surface area contributed by atoms with E-state index in [1.807, 2.05) is 41.0 Å². The molecule has 5 rings (SSSR count). The summed E-state index contributed by atoms with van der Waals surface area (Å²) in [6, 6.07) is 18.3. The Kier molecular flexibility index (Phi) is 7.17. The molecule has 4 aromatic rings. The third-order valence-corrected chi connectivity index (χ3v) is 7.28. The molecule has 1 fully saturated rings. The van der Waals surface area contributed by atoms with Gasteiger partial charge in [0, 0.05) is 43.2 Å². The Morgan fingerprint density at radius 2 is 1.76 bits per heavy atom. The van der Waals surface area contributed by atoms with E-state index in [2.05, 4.69) is 10.3 Å². The Balaban J connectivity index is 1.45. The van der Waals surface area contributed by atoms with Crippen LogP contribution in [0.1, 0.15) is 46.4 Å². The number of aromatic nitrogens is 3. The number of hydrogen-bond donors (Lipinski definition) is 2. The fourth-order valence-corrected chi connectivity index (χ4v) is 5.06. The smallest absolute Gasteiger partial charge is 0.259 e. The number of para-hydroxylation sites is 1. The molecule has 194 valence electrons. The number of pyridine rings is 1. The minimum Gasteiger partial charge on any atom is -0.369 e. The first-order chi connectivity index (χ1) is 18.4. The first-order valence-electron chi connectivity index (χ1n) is 12.7. The average molecular weight is 511 g/mol. The standard InChI is InChI=1S/C29H30N6O3/c1-34(23-7-3-2-4-8-23)28(38)21-13-14-25-24(16-21)32-29(33-27(37)22-6-5-15-31-17-22)35(25)18-19-9-11-20(12-10-19)26(30)36/h2-8,13-17,19-20H,9-12,18H2,1H3,(H2,30,36)(H,32,33,37). The lowest BCUT2D eigenvalue weighted by Crippen LogP contribution is -2.29. The molecule has 1 aliphatic carbocycles. The van der Waals surface area contributed by atoms with Gasteiger partial charge in [-0.15, -0.1) is 0 Å². The maximum absolute atomic E-state index is 13.2. The predicted octanol–water partition coefficient (Wildman–Crippen LogP) is 4.25. The molecule has 0 spiro atoms. The molecule has 9 nitrogen and oxygen atoms in total. The Hall–Kier alpha value is -4.53. The van der Waals surface area contributed by atoms with Gasteiger partial charge in [-0.1, -0.05) is 18.2 Å². The lowest BCUT2D eigenvalue weighted by Gasteiger charge is -2.27. The van der Waals surface area contributed by atoms with Crippen molar-refractivity contribution in [1.82, 2.24) is 14.5 Å². The fourth-order valence-electron chi connectivity index (χ4n) is 5.06. The topological polar surface area (TPSA) is 123 Å². The average Bonchev–Trinajstić information content (AvgIpc) is 3.29. The summed E-state index contributed by atoms with van der Waals surface area (Å²) < 4.78 is 1.99. The Morgan fingerprint density at radius 1 is 1.00 bits per heavy atom. The van der Waals surface area contributed by atoms with Crippen molar-refractivity contribution in [2.75, 3.05) is 17.3 Å². The van der Waals surface area contributed by atoms with Crippen molar-refractivity contribution in [2.24, 2.45) is 17.6 Å². The van der Waals surface area contributed by atoms with Crippen molar-refractivity contribution in [3.8, 4) is 0 Å².